The molecule has 2 saturated heterocycles. The molecule has 1 aromatic heterocycles. The lowest BCUT2D eigenvalue weighted by atomic mass is 10.1. The molecule has 1 aromatic carbocycles. The number of aromatic nitrogens is 2. The van der Waals surface area contributed by atoms with E-state index in [9.17, 15) is 4.39 Å². The van der Waals surface area contributed by atoms with E-state index in [2.05, 4.69) is 15.1 Å². The highest BCUT2D eigenvalue weighted by Crippen LogP contribution is 2.25. The molecule has 0 bridgehead atoms. The molecule has 2 aromatic rings. The van der Waals surface area contributed by atoms with Crippen molar-refractivity contribution in [1.29, 1.82) is 0 Å². The zero-order chi connectivity index (χ0) is 17.2. The topological polar surface area (TPSA) is 80.1 Å². The molecule has 7 nitrogen and oxygen atoms in total. The Bertz CT molecular complexity index is 785. The predicted molar refractivity (Wildman–Crippen MR) is 88.7 cm³/mol. The number of nitrogens with zero attached hydrogens (tertiary/aromatic N) is 4. The first kappa shape index (κ1) is 15.9. The Hall–Kier alpha value is -2.58. The Morgan fingerprint density at radius 2 is 2.04 bits per heavy atom. The molecule has 25 heavy (non-hydrogen) atoms. The molecule has 0 amide bonds. The highest BCUT2D eigenvalue weighted by Gasteiger charge is 2.27. The number of hydrogen-bond acceptors (Lipinski definition) is 7. The zero-order valence-corrected chi connectivity index (χ0v) is 13.4. The summed E-state index contributed by atoms with van der Waals surface area (Å²) < 4.78 is 19.3. The molecular formula is C17H17FN4O3. The normalized spacial score (nSPS) is 17.0. The lowest BCUT2D eigenvalue weighted by Gasteiger charge is -2.33. The van der Waals surface area contributed by atoms with Crippen molar-refractivity contribution >= 4 is 11.7 Å². The molecule has 8 heteroatoms. The second kappa shape index (κ2) is 6.73. The molecule has 3 heterocycles. The van der Waals surface area contributed by atoms with E-state index in [-0.39, 0.29) is 18.3 Å². The van der Waals surface area contributed by atoms with Crippen LogP contribution in [0.1, 0.15) is 5.56 Å². The van der Waals surface area contributed by atoms with Crippen molar-refractivity contribution in [2.24, 2.45) is 5.16 Å². The van der Waals surface area contributed by atoms with Gasteiger partial charge in [-0.3, -0.25) is 0 Å². The molecule has 2 aliphatic heterocycles. The van der Waals surface area contributed by atoms with Crippen molar-refractivity contribution in [3.05, 3.63) is 42.0 Å². The third kappa shape index (κ3) is 3.18. The van der Waals surface area contributed by atoms with Gasteiger partial charge in [-0.25, -0.2) is 14.4 Å². The fraction of sp³-hybridized carbons (Fsp3) is 0.353. The standard InChI is InChI=1S/C17H17FN4O3/c18-16-11(8-23)2-1-3-15(16)12-4-19-17(20-5-12)22-6-13(7-22)21-25-14-9-24-10-14/h1-5,14,23H,6-10H2. The molecule has 1 N–H and O–H groups in total. The van der Waals surface area contributed by atoms with Crippen LogP contribution in [0.25, 0.3) is 11.1 Å². The largest absolute Gasteiger partial charge is 0.392 e. The van der Waals surface area contributed by atoms with E-state index in [4.69, 9.17) is 14.7 Å². The van der Waals surface area contributed by atoms with Crippen molar-refractivity contribution in [2.75, 3.05) is 31.2 Å². The number of rotatable bonds is 5. The van der Waals surface area contributed by atoms with E-state index in [0.717, 1.165) is 5.71 Å². The van der Waals surface area contributed by atoms with Gasteiger partial charge in [0.2, 0.25) is 5.95 Å². The van der Waals surface area contributed by atoms with E-state index < -0.39 is 5.82 Å². The van der Waals surface area contributed by atoms with Gasteiger partial charge in [-0.1, -0.05) is 23.4 Å². The van der Waals surface area contributed by atoms with Gasteiger partial charge in [0, 0.05) is 29.1 Å². The van der Waals surface area contributed by atoms with Gasteiger partial charge >= 0.3 is 0 Å². The molecule has 0 atom stereocenters. The Balaban J connectivity index is 1.41. The van der Waals surface area contributed by atoms with Gasteiger partial charge in [0.05, 0.1) is 38.6 Å². The van der Waals surface area contributed by atoms with Gasteiger partial charge in [0.1, 0.15) is 5.82 Å². The summed E-state index contributed by atoms with van der Waals surface area (Å²) in [5.41, 5.74) is 2.13. The van der Waals surface area contributed by atoms with Crippen LogP contribution >= 0.6 is 0 Å². The van der Waals surface area contributed by atoms with Crippen LogP contribution in [0.15, 0.2) is 35.7 Å². The fourth-order valence-electron chi connectivity index (χ4n) is 2.57. The summed E-state index contributed by atoms with van der Waals surface area (Å²) in [5, 5.41) is 13.3. The predicted octanol–water partition coefficient (Wildman–Crippen LogP) is 1.37. The summed E-state index contributed by atoms with van der Waals surface area (Å²) in [7, 11) is 0. The minimum atomic E-state index is -0.447. The lowest BCUT2D eigenvalue weighted by Crippen LogP contribution is -2.49. The van der Waals surface area contributed by atoms with Gasteiger partial charge in [-0.2, -0.15) is 0 Å². The molecule has 0 spiro atoms. The summed E-state index contributed by atoms with van der Waals surface area (Å²) >= 11 is 0. The SMILES string of the molecule is OCc1cccc(-c2cnc(N3CC(=NOC4COC4)C3)nc2)c1F. The Morgan fingerprint density at radius 1 is 1.28 bits per heavy atom. The highest BCUT2D eigenvalue weighted by molar-refractivity contribution is 5.98. The molecule has 0 radical (unpaired) electrons. The van der Waals surface area contributed by atoms with Crippen LogP contribution in [-0.4, -0.2) is 53.2 Å². The number of aliphatic hydroxyl groups excluding tert-OH is 1. The lowest BCUT2D eigenvalue weighted by molar-refractivity contribution is -0.129. The van der Waals surface area contributed by atoms with E-state index in [0.29, 0.717) is 43.4 Å². The van der Waals surface area contributed by atoms with Gasteiger partial charge in [-0.05, 0) is 0 Å². The molecule has 4 rings (SSSR count). The molecule has 0 saturated carbocycles. The quantitative estimate of drug-likeness (QED) is 0.825. The van der Waals surface area contributed by atoms with Crippen LogP contribution in [0.2, 0.25) is 0 Å². The van der Waals surface area contributed by atoms with Crippen LogP contribution in [0.5, 0.6) is 0 Å². The Kier molecular flexibility index (Phi) is 4.29. The smallest absolute Gasteiger partial charge is 0.225 e. The van der Waals surface area contributed by atoms with Gasteiger partial charge < -0.3 is 19.6 Å². The van der Waals surface area contributed by atoms with Crippen molar-refractivity contribution in [1.82, 2.24) is 9.97 Å². The summed E-state index contributed by atoms with van der Waals surface area (Å²) in [5.74, 6) is 0.116. The van der Waals surface area contributed by atoms with E-state index >= 15 is 0 Å². The Morgan fingerprint density at radius 3 is 2.68 bits per heavy atom. The number of ether oxygens (including phenoxy) is 1. The number of hydrogen-bond donors (Lipinski definition) is 1. The van der Waals surface area contributed by atoms with Gasteiger partial charge in [0.25, 0.3) is 0 Å². The van der Waals surface area contributed by atoms with Crippen LogP contribution < -0.4 is 4.90 Å². The number of aliphatic hydroxyl groups is 1. The molecule has 0 unspecified atom stereocenters. The maximum Gasteiger partial charge on any atom is 0.225 e. The second-order valence-corrected chi connectivity index (χ2v) is 5.99. The van der Waals surface area contributed by atoms with Crippen LogP contribution in [0.3, 0.4) is 0 Å². The minimum Gasteiger partial charge on any atom is -0.392 e. The van der Waals surface area contributed by atoms with E-state index in [1.165, 1.54) is 0 Å². The van der Waals surface area contributed by atoms with Gasteiger partial charge in [-0.15, -0.1) is 0 Å². The minimum absolute atomic E-state index is 0.0710. The summed E-state index contributed by atoms with van der Waals surface area (Å²) in [6.07, 6.45) is 3.24. The van der Waals surface area contributed by atoms with E-state index in [1.807, 2.05) is 4.90 Å². The van der Waals surface area contributed by atoms with Crippen LogP contribution in [0, 0.1) is 5.82 Å². The molecular weight excluding hydrogens is 327 g/mol. The maximum absolute atomic E-state index is 14.3. The maximum atomic E-state index is 14.3. The first-order valence-corrected chi connectivity index (χ1v) is 7.99. The van der Waals surface area contributed by atoms with Crippen molar-refractivity contribution in [2.45, 2.75) is 12.7 Å². The molecule has 130 valence electrons. The molecule has 2 aliphatic rings. The number of anilines is 1. The third-order valence-corrected chi connectivity index (χ3v) is 4.17. The first-order valence-electron chi connectivity index (χ1n) is 7.99. The monoisotopic (exact) mass is 344 g/mol. The van der Waals surface area contributed by atoms with Crippen molar-refractivity contribution in [3.8, 4) is 11.1 Å². The third-order valence-electron chi connectivity index (χ3n) is 4.17. The summed E-state index contributed by atoms with van der Waals surface area (Å²) in [6, 6.07) is 4.89. The second-order valence-electron chi connectivity index (χ2n) is 5.99. The summed E-state index contributed by atoms with van der Waals surface area (Å²) in [4.78, 5) is 15.9. The molecule has 0 aliphatic carbocycles. The summed E-state index contributed by atoms with van der Waals surface area (Å²) in [6.45, 7) is 2.07. The Labute approximate surface area is 143 Å². The molecule has 2 fully saturated rings. The number of oxime groups is 1. The zero-order valence-electron chi connectivity index (χ0n) is 13.4. The first-order chi connectivity index (χ1) is 12.2. The van der Waals surface area contributed by atoms with Gasteiger partial charge in [0.15, 0.2) is 6.10 Å². The highest BCUT2D eigenvalue weighted by atomic mass is 19.1. The number of benzene rings is 1. The van der Waals surface area contributed by atoms with E-state index in [1.54, 1.807) is 30.6 Å². The van der Waals surface area contributed by atoms with Crippen molar-refractivity contribution < 1.29 is 19.1 Å². The van der Waals surface area contributed by atoms with Crippen LogP contribution in [0.4, 0.5) is 10.3 Å². The van der Waals surface area contributed by atoms with Crippen LogP contribution in [-0.2, 0) is 16.2 Å². The number of halogens is 1. The van der Waals surface area contributed by atoms with Crippen molar-refractivity contribution in [3.63, 3.8) is 0 Å². The average molecular weight is 344 g/mol. The fourth-order valence-corrected chi connectivity index (χ4v) is 2.57. The average Bonchev–Trinajstić information content (AvgIpc) is 2.56.